The fourth-order valence-corrected chi connectivity index (χ4v) is 1.49. The van der Waals surface area contributed by atoms with Crippen molar-refractivity contribution < 1.29 is 14.6 Å². The van der Waals surface area contributed by atoms with E-state index in [0.29, 0.717) is 6.61 Å². The van der Waals surface area contributed by atoms with Crippen LogP contribution in [0.4, 0.5) is 5.69 Å². The molecule has 0 amide bonds. The molecule has 0 heterocycles. The molecule has 1 aromatic rings. The third-order valence-electron chi connectivity index (χ3n) is 2.38. The van der Waals surface area contributed by atoms with Crippen molar-refractivity contribution in [3.05, 3.63) is 35.9 Å². The van der Waals surface area contributed by atoms with Gasteiger partial charge in [-0.25, -0.2) is 4.79 Å². The van der Waals surface area contributed by atoms with E-state index >= 15 is 0 Å². The lowest BCUT2D eigenvalue weighted by Crippen LogP contribution is -2.22. The highest BCUT2D eigenvalue weighted by molar-refractivity contribution is 5.86. The number of carboxylic acid groups (broad SMARTS) is 1. The van der Waals surface area contributed by atoms with Gasteiger partial charge in [-0.3, -0.25) is 0 Å². The van der Waals surface area contributed by atoms with E-state index in [0.717, 1.165) is 23.9 Å². The number of benzene rings is 1. The van der Waals surface area contributed by atoms with Crippen molar-refractivity contribution in [3.8, 4) is 0 Å². The van der Waals surface area contributed by atoms with E-state index in [1.54, 1.807) is 13.2 Å². The Morgan fingerprint density at radius 3 is 2.82 bits per heavy atom. The van der Waals surface area contributed by atoms with Gasteiger partial charge in [0, 0.05) is 32.5 Å². The van der Waals surface area contributed by atoms with Crippen LogP contribution < -0.4 is 4.90 Å². The van der Waals surface area contributed by atoms with Crippen LogP contribution in [-0.2, 0) is 9.53 Å². The molecule has 17 heavy (non-hydrogen) atoms. The number of ether oxygens (including phenoxy) is 1. The number of likely N-dealkylation sites (N-methyl/N-ethyl adjacent to an activating group) is 1. The summed E-state index contributed by atoms with van der Waals surface area (Å²) in [4.78, 5) is 12.5. The lowest BCUT2D eigenvalue weighted by molar-refractivity contribution is -0.131. The van der Waals surface area contributed by atoms with Gasteiger partial charge < -0.3 is 14.7 Å². The van der Waals surface area contributed by atoms with E-state index in [1.165, 1.54) is 0 Å². The van der Waals surface area contributed by atoms with Crippen LogP contribution in [-0.4, -0.2) is 38.4 Å². The molecule has 0 atom stereocenters. The number of aliphatic carboxylic acids is 1. The molecule has 0 aliphatic heterocycles. The summed E-state index contributed by atoms with van der Waals surface area (Å²) in [7, 11) is 3.61. The lowest BCUT2D eigenvalue weighted by atomic mass is 10.1. The van der Waals surface area contributed by atoms with Crippen LogP contribution >= 0.6 is 0 Å². The molecule has 4 heteroatoms. The van der Waals surface area contributed by atoms with E-state index < -0.39 is 5.97 Å². The van der Waals surface area contributed by atoms with Gasteiger partial charge in [-0.2, -0.15) is 0 Å². The molecule has 0 saturated carbocycles. The Balaban J connectivity index is 2.87. The molecule has 0 fully saturated rings. The second-order valence-electron chi connectivity index (χ2n) is 3.64. The minimum absolute atomic E-state index is 0.632. The molecular formula is C13H17NO3. The summed E-state index contributed by atoms with van der Waals surface area (Å²) in [5, 5.41) is 8.63. The standard InChI is InChI=1S/C13H17NO3/c1-14(9-10-17-2)12-6-4-3-5-11(12)7-8-13(15)16/h3-8H,9-10H2,1-2H3,(H,15,16). The maximum absolute atomic E-state index is 10.5. The third-order valence-corrected chi connectivity index (χ3v) is 2.38. The van der Waals surface area contributed by atoms with Crippen molar-refractivity contribution in [3.63, 3.8) is 0 Å². The van der Waals surface area contributed by atoms with Gasteiger partial charge in [-0.05, 0) is 17.7 Å². The minimum Gasteiger partial charge on any atom is -0.478 e. The Bertz CT molecular complexity index is 401. The summed E-state index contributed by atoms with van der Waals surface area (Å²) in [5.41, 5.74) is 1.87. The maximum atomic E-state index is 10.5. The van der Waals surface area contributed by atoms with Crippen LogP contribution in [0.25, 0.3) is 6.08 Å². The van der Waals surface area contributed by atoms with E-state index in [1.807, 2.05) is 36.2 Å². The fraction of sp³-hybridized carbons (Fsp3) is 0.308. The van der Waals surface area contributed by atoms with Crippen LogP contribution in [0.1, 0.15) is 5.56 Å². The summed E-state index contributed by atoms with van der Waals surface area (Å²) in [5.74, 6) is -0.945. The second-order valence-corrected chi connectivity index (χ2v) is 3.64. The highest BCUT2D eigenvalue weighted by atomic mass is 16.5. The van der Waals surface area contributed by atoms with E-state index in [9.17, 15) is 4.79 Å². The number of anilines is 1. The number of para-hydroxylation sites is 1. The number of carboxylic acids is 1. The molecule has 0 unspecified atom stereocenters. The number of carbonyl (C=O) groups is 1. The topological polar surface area (TPSA) is 49.8 Å². The first-order chi connectivity index (χ1) is 8.15. The van der Waals surface area contributed by atoms with Crippen LogP contribution in [0, 0.1) is 0 Å². The number of rotatable bonds is 6. The summed E-state index contributed by atoms with van der Waals surface area (Å²) >= 11 is 0. The van der Waals surface area contributed by atoms with E-state index in [2.05, 4.69) is 0 Å². The van der Waals surface area contributed by atoms with Crippen LogP contribution in [0.2, 0.25) is 0 Å². The van der Waals surface area contributed by atoms with Crippen molar-refractivity contribution in [2.45, 2.75) is 0 Å². The SMILES string of the molecule is COCCN(C)c1ccccc1C=CC(=O)O. The summed E-state index contributed by atoms with van der Waals surface area (Å²) < 4.78 is 5.02. The summed E-state index contributed by atoms with van der Waals surface area (Å²) in [6, 6.07) is 7.65. The molecule has 1 rings (SSSR count). The highest BCUT2D eigenvalue weighted by Gasteiger charge is 2.04. The smallest absolute Gasteiger partial charge is 0.328 e. The molecule has 0 radical (unpaired) electrons. The largest absolute Gasteiger partial charge is 0.478 e. The van der Waals surface area contributed by atoms with Gasteiger partial charge in [0.2, 0.25) is 0 Å². The Morgan fingerprint density at radius 2 is 2.18 bits per heavy atom. The zero-order valence-electron chi connectivity index (χ0n) is 10.1. The van der Waals surface area contributed by atoms with Crippen LogP contribution in [0.5, 0.6) is 0 Å². The third kappa shape index (κ3) is 4.28. The normalized spacial score (nSPS) is 10.7. The number of hydrogen-bond acceptors (Lipinski definition) is 3. The molecule has 92 valence electrons. The quantitative estimate of drug-likeness (QED) is 0.765. The van der Waals surface area contributed by atoms with E-state index in [4.69, 9.17) is 9.84 Å². The Kier molecular flexibility index (Phi) is 5.23. The predicted molar refractivity (Wildman–Crippen MR) is 68.3 cm³/mol. The first-order valence-corrected chi connectivity index (χ1v) is 5.35. The number of methoxy groups -OCH3 is 1. The first-order valence-electron chi connectivity index (χ1n) is 5.35. The summed E-state index contributed by atoms with van der Waals surface area (Å²) in [6.45, 7) is 1.39. The molecular weight excluding hydrogens is 218 g/mol. The lowest BCUT2D eigenvalue weighted by Gasteiger charge is -2.20. The molecule has 1 N–H and O–H groups in total. The summed E-state index contributed by atoms with van der Waals surface area (Å²) in [6.07, 6.45) is 2.74. The Hall–Kier alpha value is -1.81. The van der Waals surface area contributed by atoms with Crippen molar-refractivity contribution in [1.82, 2.24) is 0 Å². The van der Waals surface area contributed by atoms with Crippen molar-refractivity contribution in [1.29, 1.82) is 0 Å². The molecule has 4 nitrogen and oxygen atoms in total. The molecule has 1 aromatic carbocycles. The number of nitrogens with zero attached hydrogens (tertiary/aromatic N) is 1. The molecule has 0 aromatic heterocycles. The maximum Gasteiger partial charge on any atom is 0.328 e. The van der Waals surface area contributed by atoms with Gasteiger partial charge in [0.1, 0.15) is 0 Å². The van der Waals surface area contributed by atoms with Crippen molar-refractivity contribution >= 4 is 17.7 Å². The average Bonchev–Trinajstić information content (AvgIpc) is 2.33. The van der Waals surface area contributed by atoms with Gasteiger partial charge in [0.25, 0.3) is 0 Å². The molecule has 0 aliphatic rings. The zero-order chi connectivity index (χ0) is 12.7. The molecule has 0 saturated heterocycles. The van der Waals surface area contributed by atoms with Crippen LogP contribution in [0.15, 0.2) is 30.3 Å². The van der Waals surface area contributed by atoms with Crippen LogP contribution in [0.3, 0.4) is 0 Å². The van der Waals surface area contributed by atoms with E-state index in [-0.39, 0.29) is 0 Å². The zero-order valence-corrected chi connectivity index (χ0v) is 10.1. The molecule has 0 aliphatic carbocycles. The fourth-order valence-electron chi connectivity index (χ4n) is 1.49. The van der Waals surface area contributed by atoms with Gasteiger partial charge in [-0.1, -0.05) is 18.2 Å². The Labute approximate surface area is 101 Å². The number of hydrogen-bond donors (Lipinski definition) is 1. The first kappa shape index (κ1) is 13.3. The van der Waals surface area contributed by atoms with Gasteiger partial charge >= 0.3 is 5.97 Å². The van der Waals surface area contributed by atoms with Crippen molar-refractivity contribution in [2.24, 2.45) is 0 Å². The molecule has 0 spiro atoms. The molecule has 0 bridgehead atoms. The van der Waals surface area contributed by atoms with Gasteiger partial charge in [0.15, 0.2) is 0 Å². The average molecular weight is 235 g/mol. The predicted octanol–water partition coefficient (Wildman–Crippen LogP) is 1.87. The Morgan fingerprint density at radius 1 is 1.47 bits per heavy atom. The van der Waals surface area contributed by atoms with Gasteiger partial charge in [0.05, 0.1) is 6.61 Å². The van der Waals surface area contributed by atoms with Gasteiger partial charge in [-0.15, -0.1) is 0 Å². The monoisotopic (exact) mass is 235 g/mol. The highest BCUT2D eigenvalue weighted by Crippen LogP contribution is 2.20. The minimum atomic E-state index is -0.945. The second kappa shape index (κ2) is 6.70. The van der Waals surface area contributed by atoms with Crippen molar-refractivity contribution in [2.75, 3.05) is 32.2 Å².